The molecule has 0 bridgehead atoms. The summed E-state index contributed by atoms with van der Waals surface area (Å²) in [5.41, 5.74) is 6.69. The highest BCUT2D eigenvalue weighted by molar-refractivity contribution is 14.0. The molecule has 2 aromatic rings. The number of ether oxygens (including phenoxy) is 1. The fourth-order valence-electron chi connectivity index (χ4n) is 2.32. The van der Waals surface area contributed by atoms with E-state index in [1.54, 1.807) is 25.2 Å². The van der Waals surface area contributed by atoms with Crippen molar-refractivity contribution >= 4 is 35.8 Å². The van der Waals surface area contributed by atoms with Gasteiger partial charge in [0.25, 0.3) is 5.91 Å². The molecule has 0 aliphatic heterocycles. The second kappa shape index (κ2) is 12.1. The Morgan fingerprint density at radius 2 is 1.96 bits per heavy atom. The molecule has 0 spiro atoms. The van der Waals surface area contributed by atoms with Gasteiger partial charge in [-0.05, 0) is 35.7 Å². The summed E-state index contributed by atoms with van der Waals surface area (Å²) in [6.45, 7) is 0.922. The van der Waals surface area contributed by atoms with Crippen LogP contribution in [0.3, 0.4) is 0 Å². The van der Waals surface area contributed by atoms with Gasteiger partial charge in [0, 0.05) is 20.1 Å². The molecular weight excluding hydrogens is 462 g/mol. The van der Waals surface area contributed by atoms with Crippen LogP contribution in [-0.4, -0.2) is 32.1 Å². The van der Waals surface area contributed by atoms with Crippen molar-refractivity contribution in [3.8, 4) is 5.75 Å². The largest absolute Gasteiger partial charge is 0.484 e. The minimum absolute atomic E-state index is 0. The number of aliphatic imine (C=N–C) groups is 1. The number of hydrogen-bond donors (Lipinski definition) is 3. The topological polar surface area (TPSA) is 88.7 Å². The second-order valence-electron chi connectivity index (χ2n) is 5.60. The smallest absolute Gasteiger partial charge is 0.255 e. The minimum Gasteiger partial charge on any atom is -0.484 e. The molecule has 2 rings (SSSR count). The van der Waals surface area contributed by atoms with Gasteiger partial charge in [-0.25, -0.2) is 4.39 Å². The third-order valence-electron chi connectivity index (χ3n) is 3.61. The Labute approximate surface area is 175 Å². The molecule has 27 heavy (non-hydrogen) atoms. The van der Waals surface area contributed by atoms with E-state index in [4.69, 9.17) is 10.5 Å². The fourth-order valence-corrected chi connectivity index (χ4v) is 2.32. The van der Waals surface area contributed by atoms with Crippen molar-refractivity contribution in [2.75, 3.05) is 20.2 Å². The summed E-state index contributed by atoms with van der Waals surface area (Å²) in [4.78, 5) is 14.9. The first-order chi connectivity index (χ1) is 12.6. The Morgan fingerprint density at radius 3 is 2.67 bits per heavy atom. The van der Waals surface area contributed by atoms with Crippen LogP contribution in [0, 0.1) is 5.82 Å². The number of carbonyl (C=O) groups excluding carboxylic acids is 1. The van der Waals surface area contributed by atoms with E-state index in [1.165, 1.54) is 6.07 Å². The van der Waals surface area contributed by atoms with Gasteiger partial charge in [0.05, 0.1) is 0 Å². The lowest BCUT2D eigenvalue weighted by Crippen LogP contribution is -2.37. The van der Waals surface area contributed by atoms with E-state index in [-0.39, 0.29) is 36.4 Å². The van der Waals surface area contributed by atoms with Gasteiger partial charge in [-0.2, -0.15) is 0 Å². The number of rotatable bonds is 8. The summed E-state index contributed by atoms with van der Waals surface area (Å²) in [5, 5.41) is 6.33. The normalized spacial score (nSPS) is 10.7. The number of guanidine groups is 1. The highest BCUT2D eigenvalue weighted by Crippen LogP contribution is 2.13. The van der Waals surface area contributed by atoms with Crippen LogP contribution in [0.1, 0.15) is 11.1 Å². The van der Waals surface area contributed by atoms with E-state index >= 15 is 0 Å². The molecule has 0 aromatic heterocycles. The first-order valence-electron chi connectivity index (χ1n) is 8.26. The lowest BCUT2D eigenvalue weighted by atomic mass is 10.1. The van der Waals surface area contributed by atoms with Crippen molar-refractivity contribution in [1.29, 1.82) is 0 Å². The number of nitrogens with zero attached hydrogens (tertiary/aromatic N) is 1. The maximum Gasteiger partial charge on any atom is 0.255 e. The molecule has 0 atom stereocenters. The van der Waals surface area contributed by atoms with Gasteiger partial charge in [-0.3, -0.25) is 9.79 Å². The number of hydrogen-bond acceptors (Lipinski definition) is 3. The van der Waals surface area contributed by atoms with Crippen LogP contribution in [0.4, 0.5) is 4.39 Å². The van der Waals surface area contributed by atoms with Crippen molar-refractivity contribution in [3.63, 3.8) is 0 Å². The summed E-state index contributed by atoms with van der Waals surface area (Å²) in [6.07, 6.45) is 0.559. The molecule has 4 N–H and O–H groups in total. The van der Waals surface area contributed by atoms with Gasteiger partial charge < -0.3 is 21.1 Å². The Balaban J connectivity index is 0.00000364. The summed E-state index contributed by atoms with van der Waals surface area (Å²) >= 11 is 0. The lowest BCUT2D eigenvalue weighted by molar-refractivity contribution is -0.119. The van der Waals surface area contributed by atoms with Crippen LogP contribution >= 0.6 is 24.0 Å². The first kappa shape index (κ1) is 22.7. The molecule has 0 saturated carbocycles. The highest BCUT2D eigenvalue weighted by atomic mass is 127. The zero-order valence-corrected chi connectivity index (χ0v) is 17.4. The van der Waals surface area contributed by atoms with Crippen LogP contribution in [0.25, 0.3) is 0 Å². The lowest BCUT2D eigenvalue weighted by Gasteiger charge is -2.13. The van der Waals surface area contributed by atoms with Gasteiger partial charge >= 0.3 is 0 Å². The zero-order chi connectivity index (χ0) is 18.8. The van der Waals surface area contributed by atoms with Crippen LogP contribution < -0.4 is 21.1 Å². The maximum absolute atomic E-state index is 13.6. The van der Waals surface area contributed by atoms with Gasteiger partial charge in [-0.15, -0.1) is 24.0 Å². The molecule has 0 saturated heterocycles. The highest BCUT2D eigenvalue weighted by Gasteiger charge is 2.03. The van der Waals surface area contributed by atoms with Crippen molar-refractivity contribution in [3.05, 3.63) is 65.5 Å². The van der Waals surface area contributed by atoms with E-state index in [0.29, 0.717) is 36.8 Å². The predicted molar refractivity (Wildman–Crippen MR) is 115 cm³/mol. The second-order valence-corrected chi connectivity index (χ2v) is 5.60. The fraction of sp³-hybridized carbons (Fsp3) is 0.263. The number of primary amides is 1. The Bertz CT molecular complexity index is 771. The van der Waals surface area contributed by atoms with Crippen LogP contribution in [0.15, 0.2) is 53.5 Å². The van der Waals surface area contributed by atoms with Crippen LogP contribution in [0.5, 0.6) is 5.75 Å². The number of halogens is 2. The van der Waals surface area contributed by atoms with Gasteiger partial charge in [0.2, 0.25) is 0 Å². The Kier molecular flexibility index (Phi) is 10.2. The van der Waals surface area contributed by atoms with E-state index in [1.807, 2.05) is 24.3 Å². The third kappa shape index (κ3) is 8.25. The molecule has 0 unspecified atom stereocenters. The monoisotopic (exact) mass is 486 g/mol. The molecule has 1 amide bonds. The minimum atomic E-state index is -0.520. The average molecular weight is 486 g/mol. The molecule has 2 aromatic carbocycles. The Hall–Kier alpha value is -2.36. The molecule has 0 aliphatic carbocycles. The van der Waals surface area contributed by atoms with Crippen molar-refractivity contribution < 1.29 is 13.9 Å². The molecule has 0 fully saturated rings. The van der Waals surface area contributed by atoms with Crippen molar-refractivity contribution in [1.82, 2.24) is 10.6 Å². The van der Waals surface area contributed by atoms with Crippen LogP contribution in [-0.2, 0) is 17.8 Å². The quantitative estimate of drug-likeness (QED) is 0.304. The third-order valence-corrected chi connectivity index (χ3v) is 3.61. The molecular formula is C19H24FIN4O2. The van der Waals surface area contributed by atoms with Crippen molar-refractivity contribution in [2.45, 2.75) is 13.0 Å². The number of amides is 1. The zero-order valence-electron chi connectivity index (χ0n) is 15.1. The average Bonchev–Trinajstić information content (AvgIpc) is 2.64. The predicted octanol–water partition coefficient (Wildman–Crippen LogP) is 2.22. The molecule has 6 nitrogen and oxygen atoms in total. The molecule has 146 valence electrons. The van der Waals surface area contributed by atoms with E-state index in [9.17, 15) is 9.18 Å². The first-order valence-corrected chi connectivity index (χ1v) is 8.26. The molecule has 0 radical (unpaired) electrons. The van der Waals surface area contributed by atoms with Gasteiger partial charge in [0.1, 0.15) is 11.6 Å². The summed E-state index contributed by atoms with van der Waals surface area (Å²) < 4.78 is 18.9. The van der Waals surface area contributed by atoms with Gasteiger partial charge in [0.15, 0.2) is 12.6 Å². The molecule has 0 aliphatic rings. The molecule has 0 heterocycles. The number of nitrogens with one attached hydrogen (secondary N) is 2. The van der Waals surface area contributed by atoms with Crippen LogP contribution in [0.2, 0.25) is 0 Å². The van der Waals surface area contributed by atoms with E-state index in [2.05, 4.69) is 15.6 Å². The SMILES string of the molecule is CN=C(NCCc1ccccc1F)NCc1cccc(OCC(N)=O)c1.I. The molecule has 8 heteroatoms. The summed E-state index contributed by atoms with van der Waals surface area (Å²) in [5.74, 6) is 0.466. The van der Waals surface area contributed by atoms with E-state index in [0.717, 1.165) is 5.56 Å². The standard InChI is InChI=1S/C19H23FN4O2.HI/c1-22-19(23-10-9-15-6-2-3-8-17(15)20)24-12-14-5-4-7-16(11-14)26-13-18(21)25;/h2-8,11H,9-10,12-13H2,1H3,(H2,21,25)(H2,22,23,24);1H. The number of carbonyl (C=O) groups is 1. The Morgan fingerprint density at radius 1 is 1.19 bits per heavy atom. The summed E-state index contributed by atoms with van der Waals surface area (Å²) in [7, 11) is 1.67. The maximum atomic E-state index is 13.6. The van der Waals surface area contributed by atoms with E-state index < -0.39 is 5.91 Å². The van der Waals surface area contributed by atoms with Gasteiger partial charge in [-0.1, -0.05) is 30.3 Å². The number of nitrogens with two attached hydrogens (primary N) is 1. The van der Waals surface area contributed by atoms with Crippen molar-refractivity contribution in [2.24, 2.45) is 10.7 Å². The summed E-state index contributed by atoms with van der Waals surface area (Å²) in [6, 6.07) is 14.1. The number of benzene rings is 2.